The minimum atomic E-state index is 0.0380. The second-order valence-electron chi connectivity index (χ2n) is 4.98. The van der Waals surface area contributed by atoms with Crippen LogP contribution in [0.25, 0.3) is 0 Å². The van der Waals surface area contributed by atoms with Crippen molar-refractivity contribution in [1.29, 1.82) is 0 Å². The molecule has 94 valence electrons. The Morgan fingerprint density at radius 2 is 1.88 bits per heavy atom. The quantitative estimate of drug-likeness (QED) is 0.817. The molecule has 0 radical (unpaired) electrons. The van der Waals surface area contributed by atoms with Gasteiger partial charge in [0.15, 0.2) is 0 Å². The first-order valence-corrected chi connectivity index (χ1v) is 5.98. The molecule has 1 aromatic rings. The van der Waals surface area contributed by atoms with E-state index in [-0.39, 0.29) is 11.9 Å². The summed E-state index contributed by atoms with van der Waals surface area (Å²) in [5, 5.41) is 0. The number of amides is 1. The highest BCUT2D eigenvalue weighted by Gasteiger charge is 2.21. The van der Waals surface area contributed by atoms with Gasteiger partial charge in [-0.1, -0.05) is 19.9 Å². The van der Waals surface area contributed by atoms with Crippen LogP contribution in [0.2, 0.25) is 0 Å². The second-order valence-corrected chi connectivity index (χ2v) is 4.98. The Labute approximate surface area is 104 Å². The Kier molecular flexibility index (Phi) is 4.16. The van der Waals surface area contributed by atoms with Crippen molar-refractivity contribution >= 4 is 11.6 Å². The number of anilines is 1. The van der Waals surface area contributed by atoms with Crippen LogP contribution in [0, 0.1) is 12.8 Å². The second kappa shape index (κ2) is 5.21. The van der Waals surface area contributed by atoms with Gasteiger partial charge in [0.2, 0.25) is 0 Å². The van der Waals surface area contributed by atoms with Gasteiger partial charge in [0, 0.05) is 24.3 Å². The summed E-state index contributed by atoms with van der Waals surface area (Å²) >= 11 is 0. The maximum Gasteiger partial charge on any atom is 0.254 e. The van der Waals surface area contributed by atoms with Gasteiger partial charge in [-0.3, -0.25) is 4.79 Å². The summed E-state index contributed by atoms with van der Waals surface area (Å²) in [5.41, 5.74) is 8.02. The van der Waals surface area contributed by atoms with Crippen molar-refractivity contribution in [3.63, 3.8) is 0 Å². The van der Waals surface area contributed by atoms with E-state index in [4.69, 9.17) is 5.73 Å². The molecule has 1 rings (SSSR count). The van der Waals surface area contributed by atoms with E-state index >= 15 is 0 Å². The van der Waals surface area contributed by atoms with Gasteiger partial charge >= 0.3 is 0 Å². The van der Waals surface area contributed by atoms with Crippen LogP contribution in [0.15, 0.2) is 18.2 Å². The molecule has 0 bridgehead atoms. The van der Waals surface area contributed by atoms with Gasteiger partial charge in [0.1, 0.15) is 0 Å². The van der Waals surface area contributed by atoms with E-state index in [0.717, 1.165) is 5.56 Å². The molecule has 0 aliphatic rings. The van der Waals surface area contributed by atoms with E-state index in [0.29, 0.717) is 17.2 Å². The molecule has 0 aromatic heterocycles. The first-order chi connectivity index (χ1) is 7.84. The van der Waals surface area contributed by atoms with Crippen molar-refractivity contribution in [3.8, 4) is 0 Å². The third kappa shape index (κ3) is 2.99. The lowest BCUT2D eigenvalue weighted by atomic mass is 10.0. The van der Waals surface area contributed by atoms with Crippen molar-refractivity contribution in [2.24, 2.45) is 5.92 Å². The summed E-state index contributed by atoms with van der Waals surface area (Å²) in [7, 11) is 1.84. The van der Waals surface area contributed by atoms with E-state index < -0.39 is 0 Å². The van der Waals surface area contributed by atoms with Crippen LogP contribution in [0.4, 0.5) is 5.69 Å². The van der Waals surface area contributed by atoms with Crippen LogP contribution < -0.4 is 5.73 Å². The molecule has 3 heteroatoms. The Morgan fingerprint density at radius 1 is 1.29 bits per heavy atom. The zero-order valence-electron chi connectivity index (χ0n) is 11.3. The molecule has 1 atom stereocenters. The molecule has 0 heterocycles. The van der Waals surface area contributed by atoms with Crippen molar-refractivity contribution in [2.45, 2.75) is 33.7 Å². The highest BCUT2D eigenvalue weighted by atomic mass is 16.2. The Bertz CT molecular complexity index is 413. The zero-order chi connectivity index (χ0) is 13.2. The minimum Gasteiger partial charge on any atom is -0.399 e. The number of hydrogen-bond donors (Lipinski definition) is 1. The molecule has 1 aromatic carbocycles. The van der Waals surface area contributed by atoms with Crippen LogP contribution in [0.1, 0.15) is 36.7 Å². The Hall–Kier alpha value is -1.51. The number of carbonyl (C=O) groups excluding carboxylic acids is 1. The molecule has 17 heavy (non-hydrogen) atoms. The van der Waals surface area contributed by atoms with Gasteiger partial charge < -0.3 is 10.6 Å². The van der Waals surface area contributed by atoms with Crippen molar-refractivity contribution in [2.75, 3.05) is 12.8 Å². The number of hydrogen-bond acceptors (Lipinski definition) is 2. The van der Waals surface area contributed by atoms with Crippen molar-refractivity contribution < 1.29 is 4.79 Å². The molecule has 2 N–H and O–H groups in total. The van der Waals surface area contributed by atoms with Crippen molar-refractivity contribution in [1.82, 2.24) is 4.90 Å². The van der Waals surface area contributed by atoms with E-state index in [1.165, 1.54) is 0 Å². The molecule has 0 spiro atoms. The average Bonchev–Trinajstić information content (AvgIpc) is 2.29. The smallest absolute Gasteiger partial charge is 0.254 e. The first kappa shape index (κ1) is 13.6. The zero-order valence-corrected chi connectivity index (χ0v) is 11.3. The molecular weight excluding hydrogens is 212 g/mol. The van der Waals surface area contributed by atoms with Gasteiger partial charge in [-0.05, 0) is 37.5 Å². The number of benzene rings is 1. The third-order valence-electron chi connectivity index (χ3n) is 3.39. The van der Waals surface area contributed by atoms with E-state index in [1.807, 2.05) is 26.1 Å². The SMILES string of the molecule is Cc1ccc(N)cc1C(=O)N(C)C(C)C(C)C. The normalized spacial score (nSPS) is 12.6. The van der Waals surface area contributed by atoms with Gasteiger partial charge in [0.05, 0.1) is 0 Å². The number of nitrogens with zero attached hydrogens (tertiary/aromatic N) is 1. The summed E-state index contributed by atoms with van der Waals surface area (Å²) < 4.78 is 0. The average molecular weight is 234 g/mol. The topological polar surface area (TPSA) is 46.3 Å². The third-order valence-corrected chi connectivity index (χ3v) is 3.39. The number of carbonyl (C=O) groups is 1. The lowest BCUT2D eigenvalue weighted by Gasteiger charge is -2.28. The highest BCUT2D eigenvalue weighted by molar-refractivity contribution is 5.96. The maximum atomic E-state index is 12.3. The van der Waals surface area contributed by atoms with Gasteiger partial charge in [0.25, 0.3) is 5.91 Å². The van der Waals surface area contributed by atoms with Gasteiger partial charge in [-0.15, -0.1) is 0 Å². The minimum absolute atomic E-state index is 0.0380. The Balaban J connectivity index is 3.00. The number of rotatable bonds is 3. The molecule has 0 aliphatic carbocycles. The van der Waals surface area contributed by atoms with Crippen LogP contribution in [-0.2, 0) is 0 Å². The first-order valence-electron chi connectivity index (χ1n) is 5.98. The fraction of sp³-hybridized carbons (Fsp3) is 0.500. The molecule has 3 nitrogen and oxygen atoms in total. The van der Waals surface area contributed by atoms with Crippen LogP contribution in [0.5, 0.6) is 0 Å². The van der Waals surface area contributed by atoms with Crippen molar-refractivity contribution in [3.05, 3.63) is 29.3 Å². The highest BCUT2D eigenvalue weighted by Crippen LogP contribution is 2.17. The summed E-state index contributed by atoms with van der Waals surface area (Å²) in [5.74, 6) is 0.473. The number of nitrogens with two attached hydrogens (primary N) is 1. The molecule has 0 aliphatic heterocycles. The van der Waals surface area contributed by atoms with E-state index in [9.17, 15) is 4.79 Å². The van der Waals surface area contributed by atoms with Gasteiger partial charge in [-0.25, -0.2) is 0 Å². The molecule has 1 unspecified atom stereocenters. The van der Waals surface area contributed by atoms with E-state index in [1.54, 1.807) is 11.0 Å². The van der Waals surface area contributed by atoms with Crippen LogP contribution in [0.3, 0.4) is 0 Å². The summed E-state index contributed by atoms with van der Waals surface area (Å²) in [6.45, 7) is 8.21. The fourth-order valence-corrected chi connectivity index (χ4v) is 1.69. The van der Waals surface area contributed by atoms with Gasteiger partial charge in [-0.2, -0.15) is 0 Å². The Morgan fingerprint density at radius 3 is 2.41 bits per heavy atom. The predicted molar refractivity (Wildman–Crippen MR) is 72.0 cm³/mol. The standard InChI is InChI=1S/C14H22N2O/c1-9(2)11(4)16(5)14(17)13-8-12(15)7-6-10(13)3/h6-9,11H,15H2,1-5H3. The predicted octanol–water partition coefficient (Wildman–Crippen LogP) is 2.69. The summed E-state index contributed by atoms with van der Waals surface area (Å²) in [6, 6.07) is 5.67. The van der Waals surface area contributed by atoms with Crippen LogP contribution in [-0.4, -0.2) is 23.9 Å². The van der Waals surface area contributed by atoms with E-state index in [2.05, 4.69) is 20.8 Å². The molecule has 0 fully saturated rings. The summed E-state index contributed by atoms with van der Waals surface area (Å²) in [6.07, 6.45) is 0. The monoisotopic (exact) mass is 234 g/mol. The van der Waals surface area contributed by atoms with Crippen LogP contribution >= 0.6 is 0 Å². The molecule has 0 saturated carbocycles. The number of aryl methyl sites for hydroxylation is 1. The molecule has 1 amide bonds. The molecular formula is C14H22N2O. The lowest BCUT2D eigenvalue weighted by molar-refractivity contribution is 0.0706. The largest absolute Gasteiger partial charge is 0.399 e. The fourth-order valence-electron chi connectivity index (χ4n) is 1.69. The lowest BCUT2D eigenvalue weighted by Crippen LogP contribution is -2.38. The summed E-state index contributed by atoms with van der Waals surface area (Å²) in [4.78, 5) is 14.1. The molecule has 0 saturated heterocycles. The number of nitrogen functional groups attached to an aromatic ring is 1. The maximum absolute atomic E-state index is 12.3.